The van der Waals surface area contributed by atoms with E-state index >= 15 is 0 Å². The lowest BCUT2D eigenvalue weighted by Crippen LogP contribution is -2.10. The summed E-state index contributed by atoms with van der Waals surface area (Å²) in [6, 6.07) is 12.1. The van der Waals surface area contributed by atoms with Gasteiger partial charge in [-0.3, -0.25) is 0 Å². The fourth-order valence-electron chi connectivity index (χ4n) is 2.23. The summed E-state index contributed by atoms with van der Waals surface area (Å²) in [5.41, 5.74) is 3.61. The van der Waals surface area contributed by atoms with Crippen molar-refractivity contribution < 1.29 is 9.47 Å². The zero-order valence-corrected chi connectivity index (χ0v) is 13.7. The van der Waals surface area contributed by atoms with E-state index in [1.165, 1.54) is 16.7 Å². The van der Waals surface area contributed by atoms with Crippen molar-refractivity contribution in [3.05, 3.63) is 57.6 Å². The Morgan fingerprint density at radius 2 is 1.40 bits per heavy atom. The highest BCUT2D eigenvalue weighted by Crippen LogP contribution is 2.24. The third kappa shape index (κ3) is 4.01. The van der Waals surface area contributed by atoms with Crippen LogP contribution in [0.2, 0.25) is 0 Å². The van der Waals surface area contributed by atoms with E-state index in [0.717, 1.165) is 16.0 Å². The summed E-state index contributed by atoms with van der Waals surface area (Å²) in [5, 5.41) is 0. The number of aryl methyl sites for hydroxylation is 3. The minimum atomic E-state index is 0.536. The van der Waals surface area contributed by atoms with Gasteiger partial charge in [0.05, 0.1) is 0 Å². The first-order chi connectivity index (χ1) is 9.56. The molecule has 0 spiro atoms. The van der Waals surface area contributed by atoms with Crippen LogP contribution in [-0.4, -0.2) is 13.2 Å². The molecule has 0 saturated heterocycles. The number of hydrogen-bond donors (Lipinski definition) is 0. The molecule has 106 valence electrons. The minimum Gasteiger partial charge on any atom is -0.490 e. The zero-order chi connectivity index (χ0) is 14.5. The highest BCUT2D eigenvalue weighted by atomic mass is 79.9. The van der Waals surface area contributed by atoms with Gasteiger partial charge in [0, 0.05) is 4.47 Å². The fourth-order valence-corrected chi connectivity index (χ4v) is 2.49. The highest BCUT2D eigenvalue weighted by Gasteiger charge is 2.05. The van der Waals surface area contributed by atoms with Crippen LogP contribution in [0, 0.1) is 20.8 Å². The molecular formula is C17H19BrO2. The van der Waals surface area contributed by atoms with Crippen molar-refractivity contribution >= 4 is 15.9 Å². The summed E-state index contributed by atoms with van der Waals surface area (Å²) >= 11 is 3.40. The Morgan fingerprint density at radius 3 is 2.00 bits per heavy atom. The van der Waals surface area contributed by atoms with Gasteiger partial charge in [0.1, 0.15) is 24.7 Å². The van der Waals surface area contributed by atoms with Gasteiger partial charge in [0.25, 0.3) is 0 Å². The second kappa shape index (κ2) is 6.80. The molecule has 2 aromatic carbocycles. The van der Waals surface area contributed by atoms with Crippen LogP contribution in [0.4, 0.5) is 0 Å². The summed E-state index contributed by atoms with van der Waals surface area (Å²) < 4.78 is 12.5. The Balaban J connectivity index is 1.86. The molecule has 0 amide bonds. The summed E-state index contributed by atoms with van der Waals surface area (Å²) in [7, 11) is 0. The van der Waals surface area contributed by atoms with Crippen molar-refractivity contribution in [2.24, 2.45) is 0 Å². The number of hydrogen-bond acceptors (Lipinski definition) is 2. The molecule has 0 aliphatic carbocycles. The van der Waals surface area contributed by atoms with Crippen molar-refractivity contribution in [3.8, 4) is 11.5 Å². The molecule has 2 rings (SSSR count). The molecule has 0 aliphatic heterocycles. The van der Waals surface area contributed by atoms with Crippen LogP contribution in [0.5, 0.6) is 11.5 Å². The molecule has 0 heterocycles. The van der Waals surface area contributed by atoms with E-state index in [-0.39, 0.29) is 0 Å². The molecule has 3 heteroatoms. The molecule has 0 fully saturated rings. The Labute approximate surface area is 128 Å². The lowest BCUT2D eigenvalue weighted by molar-refractivity contribution is 0.215. The third-order valence-electron chi connectivity index (χ3n) is 3.02. The zero-order valence-electron chi connectivity index (χ0n) is 12.1. The normalized spacial score (nSPS) is 10.4. The van der Waals surface area contributed by atoms with E-state index in [4.69, 9.17) is 9.47 Å². The number of benzene rings is 2. The van der Waals surface area contributed by atoms with Gasteiger partial charge >= 0.3 is 0 Å². The van der Waals surface area contributed by atoms with Crippen LogP contribution < -0.4 is 9.47 Å². The molecule has 0 bridgehead atoms. The van der Waals surface area contributed by atoms with Gasteiger partial charge in [-0.15, -0.1) is 0 Å². The Bertz CT molecular complexity index is 553. The maximum absolute atomic E-state index is 5.83. The van der Waals surface area contributed by atoms with Crippen molar-refractivity contribution in [2.75, 3.05) is 13.2 Å². The van der Waals surface area contributed by atoms with Gasteiger partial charge in [-0.2, -0.15) is 0 Å². The van der Waals surface area contributed by atoms with E-state index in [9.17, 15) is 0 Å². The van der Waals surface area contributed by atoms with Crippen LogP contribution in [0.1, 0.15) is 16.7 Å². The quantitative estimate of drug-likeness (QED) is 0.729. The van der Waals surface area contributed by atoms with Gasteiger partial charge in [0.2, 0.25) is 0 Å². The largest absolute Gasteiger partial charge is 0.490 e. The second-order valence-corrected chi connectivity index (χ2v) is 5.79. The van der Waals surface area contributed by atoms with Crippen molar-refractivity contribution in [1.29, 1.82) is 0 Å². The number of ether oxygens (including phenoxy) is 2. The molecule has 0 saturated carbocycles. The highest BCUT2D eigenvalue weighted by molar-refractivity contribution is 9.10. The van der Waals surface area contributed by atoms with Crippen LogP contribution in [0.25, 0.3) is 0 Å². The minimum absolute atomic E-state index is 0.536. The second-order valence-electron chi connectivity index (χ2n) is 4.88. The Kier molecular flexibility index (Phi) is 5.07. The average Bonchev–Trinajstić information content (AvgIpc) is 2.39. The molecular weight excluding hydrogens is 316 g/mol. The summed E-state index contributed by atoms with van der Waals surface area (Å²) in [6.07, 6.45) is 0. The van der Waals surface area contributed by atoms with Gasteiger partial charge < -0.3 is 9.47 Å². The molecule has 0 N–H and O–H groups in total. The van der Waals surface area contributed by atoms with E-state index in [1.807, 2.05) is 24.3 Å². The molecule has 0 aliphatic rings. The predicted molar refractivity (Wildman–Crippen MR) is 85.8 cm³/mol. The molecule has 0 atom stereocenters. The summed E-state index contributed by atoms with van der Waals surface area (Å²) in [5.74, 6) is 1.82. The maximum atomic E-state index is 5.83. The van der Waals surface area contributed by atoms with Crippen molar-refractivity contribution in [3.63, 3.8) is 0 Å². The lowest BCUT2D eigenvalue weighted by Gasteiger charge is -2.13. The van der Waals surface area contributed by atoms with Crippen LogP contribution >= 0.6 is 15.9 Å². The third-order valence-corrected chi connectivity index (χ3v) is 3.55. The summed E-state index contributed by atoms with van der Waals surface area (Å²) in [6.45, 7) is 7.32. The average molecular weight is 335 g/mol. The standard InChI is InChI=1S/C17H19BrO2/c1-12-10-13(2)17(14(3)11-12)20-9-8-19-16-6-4-15(18)5-7-16/h4-7,10-11H,8-9H2,1-3H3. The first-order valence-corrected chi connectivity index (χ1v) is 7.44. The molecule has 0 radical (unpaired) electrons. The van der Waals surface area contributed by atoms with E-state index in [0.29, 0.717) is 13.2 Å². The smallest absolute Gasteiger partial charge is 0.125 e. The van der Waals surface area contributed by atoms with Gasteiger partial charge in [-0.1, -0.05) is 33.6 Å². The molecule has 2 nitrogen and oxygen atoms in total. The van der Waals surface area contributed by atoms with E-state index in [1.54, 1.807) is 0 Å². The first-order valence-electron chi connectivity index (χ1n) is 6.65. The van der Waals surface area contributed by atoms with Crippen molar-refractivity contribution in [1.82, 2.24) is 0 Å². The molecule has 0 aromatic heterocycles. The topological polar surface area (TPSA) is 18.5 Å². The Morgan fingerprint density at radius 1 is 0.850 bits per heavy atom. The van der Waals surface area contributed by atoms with Gasteiger partial charge in [-0.25, -0.2) is 0 Å². The van der Waals surface area contributed by atoms with Gasteiger partial charge in [0.15, 0.2) is 0 Å². The monoisotopic (exact) mass is 334 g/mol. The number of rotatable bonds is 5. The van der Waals surface area contributed by atoms with Crippen molar-refractivity contribution in [2.45, 2.75) is 20.8 Å². The van der Waals surface area contributed by atoms with E-state index < -0.39 is 0 Å². The van der Waals surface area contributed by atoms with E-state index in [2.05, 4.69) is 48.8 Å². The molecule has 2 aromatic rings. The van der Waals surface area contributed by atoms with Crippen LogP contribution in [-0.2, 0) is 0 Å². The lowest BCUT2D eigenvalue weighted by atomic mass is 10.1. The maximum Gasteiger partial charge on any atom is 0.125 e. The van der Waals surface area contributed by atoms with Gasteiger partial charge in [-0.05, 0) is 56.2 Å². The predicted octanol–water partition coefficient (Wildman–Crippen LogP) is 4.83. The number of halogens is 1. The molecule has 20 heavy (non-hydrogen) atoms. The van der Waals surface area contributed by atoms with Crippen LogP contribution in [0.3, 0.4) is 0 Å². The molecule has 0 unspecified atom stereocenters. The fraction of sp³-hybridized carbons (Fsp3) is 0.294. The SMILES string of the molecule is Cc1cc(C)c(OCCOc2ccc(Br)cc2)c(C)c1. The summed E-state index contributed by atoms with van der Waals surface area (Å²) in [4.78, 5) is 0. The first kappa shape index (κ1) is 14.9. The Hall–Kier alpha value is -1.48. The van der Waals surface area contributed by atoms with Crippen LogP contribution in [0.15, 0.2) is 40.9 Å².